The number of hydrogen-bond acceptors (Lipinski definition) is 2. The summed E-state index contributed by atoms with van der Waals surface area (Å²) in [6.45, 7) is 7.55. The highest BCUT2D eigenvalue weighted by Gasteiger charge is 2.66. The van der Waals surface area contributed by atoms with Crippen molar-refractivity contribution in [3.63, 3.8) is 0 Å². The maximum absolute atomic E-state index is 5.84. The van der Waals surface area contributed by atoms with E-state index in [-0.39, 0.29) is 0 Å². The van der Waals surface area contributed by atoms with Gasteiger partial charge in [0.1, 0.15) is 0 Å². The summed E-state index contributed by atoms with van der Waals surface area (Å²) in [6.07, 6.45) is 1.55. The monoisotopic (exact) mass is 267 g/mol. The van der Waals surface area contributed by atoms with Gasteiger partial charge in [0, 0.05) is 23.1 Å². The van der Waals surface area contributed by atoms with E-state index in [1.54, 1.807) is 0 Å². The van der Waals surface area contributed by atoms with E-state index in [9.17, 15) is 0 Å². The molecule has 0 bridgehead atoms. The molecule has 1 saturated heterocycles. The van der Waals surface area contributed by atoms with Gasteiger partial charge in [-0.15, -0.1) is 0 Å². The Morgan fingerprint density at radius 3 is 2.90 bits per heavy atom. The summed E-state index contributed by atoms with van der Waals surface area (Å²) in [4.78, 5) is 4.61. The maximum Gasteiger partial charge on any atom is 0.0705 e. The zero-order valence-corrected chi connectivity index (χ0v) is 12.4. The molecule has 2 fully saturated rings. The van der Waals surface area contributed by atoms with Crippen molar-refractivity contribution in [1.82, 2.24) is 4.98 Å². The lowest BCUT2D eigenvalue weighted by Gasteiger charge is -2.27. The van der Waals surface area contributed by atoms with Crippen LogP contribution in [0.2, 0.25) is 0 Å². The minimum absolute atomic E-state index is 0.358. The molecule has 1 saturated carbocycles. The highest BCUT2D eigenvalue weighted by atomic mass is 16.5. The molecule has 104 valence electrons. The zero-order valence-electron chi connectivity index (χ0n) is 12.4. The fourth-order valence-electron chi connectivity index (χ4n) is 4.52. The van der Waals surface area contributed by atoms with Gasteiger partial charge in [0.05, 0.1) is 11.6 Å². The first-order valence-corrected chi connectivity index (χ1v) is 7.62. The minimum Gasteiger partial charge on any atom is -0.378 e. The smallest absolute Gasteiger partial charge is 0.0705 e. The molecule has 2 aromatic rings. The SMILES string of the molecule is Cc1ccc2cc(C34CCOC(C)C3C4C)ccc2n1. The molecule has 20 heavy (non-hydrogen) atoms. The topological polar surface area (TPSA) is 22.1 Å². The predicted molar refractivity (Wildman–Crippen MR) is 80.8 cm³/mol. The van der Waals surface area contributed by atoms with Gasteiger partial charge in [-0.05, 0) is 55.9 Å². The molecule has 1 aromatic carbocycles. The standard InChI is InChI=1S/C18H21NO/c1-11-4-5-14-10-15(6-7-16(14)19-11)18-8-9-20-13(3)17(18)12(18)2/h4-7,10,12-13,17H,8-9H2,1-3H3. The number of benzene rings is 1. The summed E-state index contributed by atoms with van der Waals surface area (Å²) in [6, 6.07) is 11.1. The van der Waals surface area contributed by atoms with Crippen LogP contribution in [0, 0.1) is 18.8 Å². The molecule has 1 aliphatic heterocycles. The number of ether oxygens (including phenoxy) is 1. The maximum atomic E-state index is 5.84. The summed E-state index contributed by atoms with van der Waals surface area (Å²) in [5.74, 6) is 1.42. The van der Waals surface area contributed by atoms with Crippen molar-refractivity contribution in [2.45, 2.75) is 38.7 Å². The molecular formula is C18H21NO. The quantitative estimate of drug-likeness (QED) is 0.783. The van der Waals surface area contributed by atoms with E-state index in [1.165, 1.54) is 10.9 Å². The van der Waals surface area contributed by atoms with Crippen LogP contribution in [0.25, 0.3) is 10.9 Å². The van der Waals surface area contributed by atoms with Crippen LogP contribution in [-0.2, 0) is 10.2 Å². The van der Waals surface area contributed by atoms with Crippen molar-refractivity contribution >= 4 is 10.9 Å². The first-order valence-electron chi connectivity index (χ1n) is 7.62. The Hall–Kier alpha value is -1.41. The second-order valence-electron chi connectivity index (χ2n) is 6.54. The van der Waals surface area contributed by atoms with Crippen molar-refractivity contribution < 1.29 is 4.74 Å². The van der Waals surface area contributed by atoms with Crippen molar-refractivity contribution in [3.8, 4) is 0 Å². The first kappa shape index (κ1) is 12.3. The van der Waals surface area contributed by atoms with E-state index in [0.29, 0.717) is 17.4 Å². The van der Waals surface area contributed by atoms with Crippen LogP contribution in [0.3, 0.4) is 0 Å². The molecule has 0 radical (unpaired) electrons. The van der Waals surface area contributed by atoms with Crippen LogP contribution in [0.1, 0.15) is 31.5 Å². The van der Waals surface area contributed by atoms with E-state index in [1.807, 2.05) is 6.92 Å². The van der Waals surface area contributed by atoms with E-state index < -0.39 is 0 Å². The Kier molecular flexibility index (Phi) is 2.50. The lowest BCUT2D eigenvalue weighted by atomic mass is 9.85. The van der Waals surface area contributed by atoms with Gasteiger partial charge in [0.15, 0.2) is 0 Å². The number of fused-ring (bicyclic) bond motifs is 2. The van der Waals surface area contributed by atoms with Gasteiger partial charge < -0.3 is 4.74 Å². The Morgan fingerprint density at radius 2 is 2.05 bits per heavy atom. The molecule has 1 aromatic heterocycles. The molecule has 2 heterocycles. The third-order valence-electron chi connectivity index (χ3n) is 5.61. The van der Waals surface area contributed by atoms with Crippen molar-refractivity contribution in [3.05, 3.63) is 41.6 Å². The van der Waals surface area contributed by atoms with Crippen LogP contribution < -0.4 is 0 Å². The Balaban J connectivity index is 1.81. The summed E-state index contributed by atoms with van der Waals surface area (Å²) >= 11 is 0. The normalized spacial score (nSPS) is 35.9. The summed E-state index contributed by atoms with van der Waals surface area (Å²) in [5, 5.41) is 1.26. The van der Waals surface area contributed by atoms with Crippen LogP contribution in [-0.4, -0.2) is 17.7 Å². The summed E-state index contributed by atoms with van der Waals surface area (Å²) in [5.41, 5.74) is 4.04. The molecule has 1 aliphatic carbocycles. The summed E-state index contributed by atoms with van der Waals surface area (Å²) in [7, 11) is 0. The molecule has 4 unspecified atom stereocenters. The second kappa shape index (κ2) is 4.05. The number of nitrogens with zero attached hydrogens (tertiary/aromatic N) is 1. The van der Waals surface area contributed by atoms with Gasteiger partial charge in [-0.3, -0.25) is 4.98 Å². The molecule has 0 N–H and O–H groups in total. The number of rotatable bonds is 1. The van der Waals surface area contributed by atoms with Gasteiger partial charge in [-0.25, -0.2) is 0 Å². The lowest BCUT2D eigenvalue weighted by molar-refractivity contribution is 0.0121. The van der Waals surface area contributed by atoms with E-state index in [4.69, 9.17) is 4.74 Å². The average molecular weight is 267 g/mol. The molecule has 4 atom stereocenters. The van der Waals surface area contributed by atoms with Crippen LogP contribution in [0.5, 0.6) is 0 Å². The first-order chi connectivity index (χ1) is 9.63. The van der Waals surface area contributed by atoms with Gasteiger partial charge in [-0.1, -0.05) is 19.1 Å². The summed E-state index contributed by atoms with van der Waals surface area (Å²) < 4.78 is 5.84. The predicted octanol–water partition coefficient (Wildman–Crippen LogP) is 3.86. The molecule has 2 aliphatic rings. The molecule has 4 rings (SSSR count). The number of pyridine rings is 1. The van der Waals surface area contributed by atoms with E-state index >= 15 is 0 Å². The lowest BCUT2D eigenvalue weighted by Crippen LogP contribution is -2.27. The number of hydrogen-bond donors (Lipinski definition) is 0. The van der Waals surface area contributed by atoms with Gasteiger partial charge in [0.25, 0.3) is 0 Å². The Labute approximate surface area is 120 Å². The highest BCUT2D eigenvalue weighted by molar-refractivity contribution is 5.80. The Morgan fingerprint density at radius 1 is 1.20 bits per heavy atom. The van der Waals surface area contributed by atoms with Crippen LogP contribution in [0.15, 0.2) is 30.3 Å². The average Bonchev–Trinajstić information content (AvgIpc) is 3.06. The molecule has 2 nitrogen and oxygen atoms in total. The fourth-order valence-corrected chi connectivity index (χ4v) is 4.52. The third-order valence-corrected chi connectivity index (χ3v) is 5.61. The molecule has 2 heteroatoms. The number of aromatic nitrogens is 1. The minimum atomic E-state index is 0.358. The highest BCUT2D eigenvalue weighted by Crippen LogP contribution is 2.65. The van der Waals surface area contributed by atoms with Gasteiger partial charge in [-0.2, -0.15) is 0 Å². The second-order valence-corrected chi connectivity index (χ2v) is 6.54. The van der Waals surface area contributed by atoms with Crippen molar-refractivity contribution in [2.75, 3.05) is 6.61 Å². The molecular weight excluding hydrogens is 246 g/mol. The van der Waals surface area contributed by atoms with Gasteiger partial charge >= 0.3 is 0 Å². The zero-order chi connectivity index (χ0) is 13.9. The Bertz CT molecular complexity index is 680. The largest absolute Gasteiger partial charge is 0.378 e. The molecule has 0 spiro atoms. The fraction of sp³-hybridized carbons (Fsp3) is 0.500. The van der Waals surface area contributed by atoms with Gasteiger partial charge in [0.2, 0.25) is 0 Å². The van der Waals surface area contributed by atoms with Crippen molar-refractivity contribution in [1.29, 1.82) is 0 Å². The van der Waals surface area contributed by atoms with Crippen LogP contribution in [0.4, 0.5) is 0 Å². The number of aryl methyl sites for hydroxylation is 1. The molecule has 0 amide bonds. The van der Waals surface area contributed by atoms with Crippen molar-refractivity contribution in [2.24, 2.45) is 11.8 Å². The van der Waals surface area contributed by atoms with E-state index in [0.717, 1.165) is 30.2 Å². The third kappa shape index (κ3) is 1.51. The van der Waals surface area contributed by atoms with Crippen LogP contribution >= 0.6 is 0 Å². The van der Waals surface area contributed by atoms with E-state index in [2.05, 4.69) is 49.2 Å².